The maximum Gasteiger partial charge on any atom is 0.407 e. The summed E-state index contributed by atoms with van der Waals surface area (Å²) in [5, 5.41) is 16.3. The van der Waals surface area contributed by atoms with Crippen molar-refractivity contribution in [3.05, 3.63) is 53.4 Å². The first-order valence-electron chi connectivity index (χ1n) is 12.0. The zero-order chi connectivity index (χ0) is 26.0. The third-order valence-corrected chi connectivity index (χ3v) is 6.09. The number of carboxylic acid groups (broad SMARTS) is 1. The van der Waals surface area contributed by atoms with Gasteiger partial charge in [0.05, 0.1) is 12.2 Å². The molecule has 0 saturated carbocycles. The van der Waals surface area contributed by atoms with Gasteiger partial charge in [0, 0.05) is 25.0 Å². The van der Waals surface area contributed by atoms with E-state index in [1.54, 1.807) is 18.5 Å². The average molecular weight is 499 g/mol. The van der Waals surface area contributed by atoms with E-state index in [1.165, 1.54) is 16.8 Å². The van der Waals surface area contributed by atoms with Gasteiger partial charge in [0.25, 0.3) is 0 Å². The summed E-state index contributed by atoms with van der Waals surface area (Å²) >= 11 is 0. The molecule has 4 rings (SSSR count). The number of carbonyl (C=O) groups excluding carboxylic acids is 1. The summed E-state index contributed by atoms with van der Waals surface area (Å²) in [6.45, 7) is 8.02. The second kappa shape index (κ2) is 10.1. The fraction of sp³-hybridized carbons (Fsp3) is 0.480. The fourth-order valence-electron chi connectivity index (χ4n) is 4.48. The molecule has 2 atom stereocenters. The van der Waals surface area contributed by atoms with Crippen LogP contribution >= 0.6 is 0 Å². The van der Waals surface area contributed by atoms with Gasteiger partial charge in [-0.1, -0.05) is 0 Å². The van der Waals surface area contributed by atoms with Gasteiger partial charge in [-0.15, -0.1) is 0 Å². The summed E-state index contributed by atoms with van der Waals surface area (Å²) in [6, 6.07) is 2.95. The highest BCUT2D eigenvalue weighted by Gasteiger charge is 2.30. The van der Waals surface area contributed by atoms with Crippen LogP contribution in [-0.4, -0.2) is 54.9 Å². The maximum absolute atomic E-state index is 14.3. The maximum atomic E-state index is 14.3. The predicted octanol–water partition coefficient (Wildman–Crippen LogP) is 4.15. The van der Waals surface area contributed by atoms with Gasteiger partial charge in [0.15, 0.2) is 5.65 Å². The van der Waals surface area contributed by atoms with Gasteiger partial charge in [-0.3, -0.25) is 0 Å². The van der Waals surface area contributed by atoms with Gasteiger partial charge in [0.2, 0.25) is 5.95 Å². The molecule has 0 bridgehead atoms. The molecule has 0 aliphatic carbocycles. The number of hydrogen-bond acceptors (Lipinski definition) is 7. The smallest absolute Gasteiger partial charge is 0.407 e. The van der Waals surface area contributed by atoms with Crippen molar-refractivity contribution in [3.8, 4) is 0 Å². The van der Waals surface area contributed by atoms with E-state index < -0.39 is 23.6 Å². The molecule has 1 aliphatic rings. The van der Waals surface area contributed by atoms with E-state index in [0.717, 1.165) is 24.0 Å². The number of ether oxygens (including phenoxy) is 1. The van der Waals surface area contributed by atoms with E-state index in [9.17, 15) is 19.1 Å². The molecule has 11 heteroatoms. The lowest BCUT2D eigenvalue weighted by molar-refractivity contribution is 0.0505. The molecule has 4 heterocycles. The van der Waals surface area contributed by atoms with E-state index in [4.69, 9.17) is 4.74 Å². The lowest BCUT2D eigenvalue weighted by Gasteiger charge is -2.28. The molecule has 0 radical (unpaired) electrons. The van der Waals surface area contributed by atoms with Crippen molar-refractivity contribution in [1.82, 2.24) is 24.9 Å². The number of carboxylic acids is 1. The lowest BCUT2D eigenvalue weighted by atomic mass is 9.96. The van der Waals surface area contributed by atoms with E-state index in [0.29, 0.717) is 25.2 Å². The molecule has 1 aliphatic heterocycles. The summed E-state index contributed by atoms with van der Waals surface area (Å²) < 4.78 is 21.0. The minimum absolute atomic E-state index is 0.0229. The quantitative estimate of drug-likeness (QED) is 0.466. The van der Waals surface area contributed by atoms with E-state index in [1.807, 2.05) is 27.7 Å². The number of rotatable bonds is 7. The van der Waals surface area contributed by atoms with Crippen molar-refractivity contribution in [3.63, 3.8) is 0 Å². The van der Waals surface area contributed by atoms with Crippen molar-refractivity contribution >= 4 is 23.5 Å². The Kier molecular flexibility index (Phi) is 7.09. The molecule has 3 aromatic rings. The summed E-state index contributed by atoms with van der Waals surface area (Å²) in [6.07, 6.45) is 6.91. The van der Waals surface area contributed by atoms with Crippen LogP contribution in [-0.2, 0) is 11.2 Å². The van der Waals surface area contributed by atoms with Gasteiger partial charge in [-0.05, 0) is 76.6 Å². The number of hydrogen-bond donors (Lipinski definition) is 2. The first-order valence-corrected chi connectivity index (χ1v) is 12.0. The summed E-state index contributed by atoms with van der Waals surface area (Å²) in [5.41, 5.74) is 1.41. The van der Waals surface area contributed by atoms with Crippen molar-refractivity contribution in [2.45, 2.75) is 71.1 Å². The Balaban J connectivity index is 1.54. The fourth-order valence-corrected chi connectivity index (χ4v) is 4.48. The molecule has 1 fully saturated rings. The normalized spacial score (nSPS) is 16.8. The zero-order valence-electron chi connectivity index (χ0n) is 20.9. The van der Waals surface area contributed by atoms with Crippen molar-refractivity contribution < 1.29 is 23.8 Å². The minimum atomic E-state index is -1.10. The number of aromatic nitrogens is 4. The molecule has 36 heavy (non-hydrogen) atoms. The van der Waals surface area contributed by atoms with Crippen LogP contribution < -0.4 is 10.2 Å². The van der Waals surface area contributed by atoms with Gasteiger partial charge < -0.3 is 20.1 Å². The van der Waals surface area contributed by atoms with Crippen LogP contribution in [0.2, 0.25) is 0 Å². The minimum Gasteiger partial charge on any atom is -0.477 e. The Morgan fingerprint density at radius 2 is 2.11 bits per heavy atom. The van der Waals surface area contributed by atoms with Crippen LogP contribution in [0, 0.1) is 5.95 Å². The molecule has 0 spiro atoms. The lowest BCUT2D eigenvalue weighted by Crippen LogP contribution is -2.37. The highest BCUT2D eigenvalue weighted by molar-refractivity contribution is 5.94. The number of fused-ring (bicyclic) bond motifs is 1. The Bertz CT molecular complexity index is 1270. The van der Waals surface area contributed by atoms with Crippen LogP contribution in [0.5, 0.6) is 0 Å². The second-order valence-corrected chi connectivity index (χ2v) is 10.1. The Morgan fingerprint density at radius 3 is 2.83 bits per heavy atom. The van der Waals surface area contributed by atoms with Gasteiger partial charge in [0.1, 0.15) is 17.0 Å². The van der Waals surface area contributed by atoms with E-state index in [-0.39, 0.29) is 23.3 Å². The number of pyridine rings is 1. The van der Waals surface area contributed by atoms with Gasteiger partial charge in [-0.25, -0.2) is 24.1 Å². The molecule has 10 nitrogen and oxygen atoms in total. The third kappa shape index (κ3) is 5.72. The number of alkyl carbamates (subject to hydrolysis) is 1. The van der Waals surface area contributed by atoms with Crippen molar-refractivity contribution in [1.29, 1.82) is 0 Å². The van der Waals surface area contributed by atoms with Crippen LogP contribution in [0.15, 0.2) is 30.7 Å². The van der Waals surface area contributed by atoms with Crippen LogP contribution in [0.4, 0.5) is 15.0 Å². The van der Waals surface area contributed by atoms with Crippen LogP contribution in [0.1, 0.15) is 74.5 Å². The first kappa shape index (κ1) is 25.3. The summed E-state index contributed by atoms with van der Waals surface area (Å²) in [7, 11) is 0. The predicted molar refractivity (Wildman–Crippen MR) is 131 cm³/mol. The van der Waals surface area contributed by atoms with Gasteiger partial charge >= 0.3 is 12.1 Å². The third-order valence-electron chi connectivity index (χ3n) is 6.09. The Labute approximate surface area is 208 Å². The molecular formula is C25H31FN6O4. The highest BCUT2D eigenvalue weighted by Crippen LogP contribution is 2.37. The monoisotopic (exact) mass is 498 g/mol. The van der Waals surface area contributed by atoms with E-state index in [2.05, 4.69) is 25.3 Å². The molecule has 3 aromatic heterocycles. The molecule has 1 amide bonds. The highest BCUT2D eigenvalue weighted by atomic mass is 19.1. The molecule has 0 aromatic carbocycles. The van der Waals surface area contributed by atoms with Crippen molar-refractivity contribution in [2.75, 3.05) is 11.4 Å². The number of anilines is 1. The summed E-state index contributed by atoms with van der Waals surface area (Å²) in [4.78, 5) is 34.2. The molecular weight excluding hydrogens is 467 g/mol. The first-order chi connectivity index (χ1) is 17.0. The number of amides is 1. The number of aromatic carboxylic acids is 1. The Hall–Kier alpha value is -3.76. The van der Waals surface area contributed by atoms with Crippen LogP contribution in [0.3, 0.4) is 0 Å². The number of aryl methyl sites for hydroxylation is 1. The largest absolute Gasteiger partial charge is 0.477 e. The average Bonchev–Trinajstić information content (AvgIpc) is 3.43. The number of halogens is 1. The molecule has 1 unspecified atom stereocenters. The van der Waals surface area contributed by atoms with Crippen molar-refractivity contribution in [2.24, 2.45) is 0 Å². The summed E-state index contributed by atoms with van der Waals surface area (Å²) in [5.74, 6) is -1.05. The number of nitrogens with zero attached hydrogens (tertiary/aromatic N) is 5. The molecule has 192 valence electrons. The standard InChI is InChI=1S/C25H31FN6O4/c1-15(29-24(35)36-25(2,3)4)7-8-16-13-27-20(26)12-17(16)19-6-5-10-31(19)21-9-11-32-22(30-21)18(14-28-32)23(33)34/h9,11-15,19H,5-8,10H2,1-4H3,(H,29,35)(H,33,34)/t15-,19?/m1/s1. The topological polar surface area (TPSA) is 122 Å². The van der Waals surface area contributed by atoms with Gasteiger partial charge in [-0.2, -0.15) is 9.49 Å². The Morgan fingerprint density at radius 1 is 1.33 bits per heavy atom. The number of carbonyl (C=O) groups is 2. The zero-order valence-corrected chi connectivity index (χ0v) is 20.9. The molecule has 1 saturated heterocycles. The number of nitrogens with one attached hydrogen (secondary N) is 1. The molecule has 2 N–H and O–H groups in total. The second-order valence-electron chi connectivity index (χ2n) is 10.1. The van der Waals surface area contributed by atoms with Crippen LogP contribution in [0.25, 0.3) is 5.65 Å². The van der Waals surface area contributed by atoms with E-state index >= 15 is 0 Å². The SMILES string of the molecule is C[C@H](CCc1cnc(F)cc1C1CCCN1c1ccn2ncc(C(=O)O)c2n1)NC(=O)OC(C)(C)C.